The summed E-state index contributed by atoms with van der Waals surface area (Å²) in [7, 11) is -2.70. The van der Waals surface area contributed by atoms with Crippen LogP contribution >= 0.6 is 0 Å². The highest BCUT2D eigenvalue weighted by Crippen LogP contribution is 2.26. The molecule has 0 bridgehead atoms. The van der Waals surface area contributed by atoms with Gasteiger partial charge in [0, 0.05) is 12.6 Å². The molecule has 39 heavy (non-hydrogen) atoms. The number of hydrogen-bond acceptors (Lipinski definition) is 5. The Bertz CT molecular complexity index is 1350. The number of amides is 2. The van der Waals surface area contributed by atoms with Crippen molar-refractivity contribution in [2.75, 3.05) is 18.0 Å². The Morgan fingerprint density at radius 2 is 1.56 bits per heavy atom. The molecule has 208 valence electrons. The maximum Gasteiger partial charge on any atom is 0.264 e. The maximum atomic E-state index is 13.8. The molecule has 0 fully saturated rings. The van der Waals surface area contributed by atoms with Crippen LogP contribution in [0.3, 0.4) is 0 Å². The van der Waals surface area contributed by atoms with Crippen LogP contribution in [0.2, 0.25) is 0 Å². The minimum Gasteiger partial charge on any atom is -0.497 e. The smallest absolute Gasteiger partial charge is 0.264 e. The van der Waals surface area contributed by atoms with Crippen molar-refractivity contribution in [1.29, 1.82) is 0 Å². The van der Waals surface area contributed by atoms with Crippen LogP contribution in [0.1, 0.15) is 32.8 Å². The number of nitrogens with zero attached hydrogens (tertiary/aromatic N) is 2. The highest BCUT2D eigenvalue weighted by Gasteiger charge is 2.32. The zero-order valence-corrected chi connectivity index (χ0v) is 23.3. The van der Waals surface area contributed by atoms with Crippen LogP contribution in [0.4, 0.5) is 10.1 Å². The summed E-state index contributed by atoms with van der Waals surface area (Å²) in [5, 5.41) is 2.87. The van der Waals surface area contributed by atoms with E-state index in [2.05, 4.69) is 5.32 Å². The van der Waals surface area contributed by atoms with Gasteiger partial charge in [0.05, 0.1) is 17.7 Å². The van der Waals surface area contributed by atoms with Crippen molar-refractivity contribution in [3.63, 3.8) is 0 Å². The second kappa shape index (κ2) is 13.2. The van der Waals surface area contributed by atoms with Gasteiger partial charge in [-0.1, -0.05) is 37.3 Å². The van der Waals surface area contributed by atoms with E-state index in [0.717, 1.165) is 4.31 Å². The monoisotopic (exact) mass is 555 g/mol. The van der Waals surface area contributed by atoms with Gasteiger partial charge in [0.1, 0.15) is 24.2 Å². The first-order chi connectivity index (χ1) is 18.6. The fourth-order valence-corrected chi connectivity index (χ4v) is 5.25. The van der Waals surface area contributed by atoms with Crippen molar-refractivity contribution in [3.8, 4) is 5.75 Å². The predicted octanol–water partition coefficient (Wildman–Crippen LogP) is 4.36. The molecule has 2 atom stereocenters. The molecule has 3 aromatic carbocycles. The number of nitrogens with one attached hydrogen (secondary N) is 1. The van der Waals surface area contributed by atoms with Gasteiger partial charge in [-0.15, -0.1) is 0 Å². The molecule has 0 unspecified atom stereocenters. The summed E-state index contributed by atoms with van der Waals surface area (Å²) in [6.07, 6.45) is 0.701. The van der Waals surface area contributed by atoms with E-state index in [1.807, 2.05) is 13.8 Å². The summed E-state index contributed by atoms with van der Waals surface area (Å²) < 4.78 is 47.2. The molecule has 0 saturated carbocycles. The molecule has 0 aliphatic heterocycles. The normalized spacial score (nSPS) is 12.7. The van der Waals surface area contributed by atoms with Crippen LogP contribution in [-0.4, -0.2) is 50.9 Å². The SMILES string of the molecule is CC[C@H](C)NC(=O)[C@@H](C)N(Cc1ccc(F)cc1)C(=O)CN(c1ccccc1)S(=O)(=O)c1ccc(OC)cc1. The van der Waals surface area contributed by atoms with Crippen molar-refractivity contribution in [2.24, 2.45) is 0 Å². The zero-order chi connectivity index (χ0) is 28.6. The second-order valence-corrected chi connectivity index (χ2v) is 11.0. The summed E-state index contributed by atoms with van der Waals surface area (Å²) in [6, 6.07) is 18.7. The molecular weight excluding hydrogens is 521 g/mol. The number of carbonyl (C=O) groups excluding carboxylic acids is 2. The fourth-order valence-electron chi connectivity index (χ4n) is 3.83. The quantitative estimate of drug-likeness (QED) is 0.358. The third-order valence-corrected chi connectivity index (χ3v) is 8.19. The number of sulfonamides is 1. The fraction of sp³-hybridized carbons (Fsp3) is 0.310. The third-order valence-electron chi connectivity index (χ3n) is 6.40. The Labute approximate surface area is 229 Å². The van der Waals surface area contributed by atoms with Gasteiger partial charge in [-0.2, -0.15) is 0 Å². The van der Waals surface area contributed by atoms with E-state index in [0.29, 0.717) is 23.4 Å². The van der Waals surface area contributed by atoms with Crippen molar-refractivity contribution in [2.45, 2.75) is 50.7 Å². The number of para-hydroxylation sites is 1. The molecule has 3 rings (SSSR count). The van der Waals surface area contributed by atoms with Gasteiger partial charge < -0.3 is 15.0 Å². The first-order valence-electron chi connectivity index (χ1n) is 12.6. The molecule has 2 amide bonds. The molecule has 1 N–H and O–H groups in total. The number of ether oxygens (including phenoxy) is 1. The van der Waals surface area contributed by atoms with Crippen molar-refractivity contribution in [1.82, 2.24) is 10.2 Å². The number of halogens is 1. The largest absolute Gasteiger partial charge is 0.497 e. The van der Waals surface area contributed by atoms with Gasteiger partial charge in [0.2, 0.25) is 11.8 Å². The molecular formula is C29H34FN3O5S. The van der Waals surface area contributed by atoms with Gasteiger partial charge in [-0.05, 0) is 74.4 Å². The van der Waals surface area contributed by atoms with Crippen molar-refractivity contribution >= 4 is 27.5 Å². The van der Waals surface area contributed by atoms with Gasteiger partial charge in [-0.3, -0.25) is 13.9 Å². The van der Waals surface area contributed by atoms with Crippen LogP contribution in [0, 0.1) is 5.82 Å². The minimum absolute atomic E-state index is 0.0145. The Morgan fingerprint density at radius 3 is 2.13 bits per heavy atom. The van der Waals surface area contributed by atoms with E-state index < -0.39 is 34.3 Å². The molecule has 8 nitrogen and oxygen atoms in total. The van der Waals surface area contributed by atoms with Crippen molar-refractivity contribution < 1.29 is 27.1 Å². The van der Waals surface area contributed by atoms with E-state index in [1.165, 1.54) is 60.5 Å². The van der Waals surface area contributed by atoms with Crippen molar-refractivity contribution in [3.05, 3.63) is 90.2 Å². The van der Waals surface area contributed by atoms with E-state index in [1.54, 1.807) is 37.3 Å². The molecule has 0 aliphatic rings. The van der Waals surface area contributed by atoms with Gasteiger partial charge in [-0.25, -0.2) is 12.8 Å². The second-order valence-electron chi connectivity index (χ2n) is 9.16. The topological polar surface area (TPSA) is 96.0 Å². The van der Waals surface area contributed by atoms with Crippen LogP contribution < -0.4 is 14.4 Å². The molecule has 10 heteroatoms. The first-order valence-corrected chi connectivity index (χ1v) is 14.1. The van der Waals surface area contributed by atoms with Crippen LogP contribution in [0.5, 0.6) is 5.75 Å². The van der Waals surface area contributed by atoms with Crippen LogP contribution in [0.15, 0.2) is 83.8 Å². The molecule has 3 aromatic rings. The summed E-state index contributed by atoms with van der Waals surface area (Å²) in [5.41, 5.74) is 0.886. The highest BCUT2D eigenvalue weighted by atomic mass is 32.2. The standard InChI is InChI=1S/C29H34FN3O5S/c1-5-21(2)31-29(35)22(3)32(19-23-11-13-24(30)14-12-23)28(34)20-33(25-9-7-6-8-10-25)39(36,37)27-17-15-26(38-4)16-18-27/h6-18,21-22H,5,19-20H2,1-4H3,(H,31,35)/t21-,22+/m0/s1. The Morgan fingerprint density at radius 1 is 0.949 bits per heavy atom. The van der Waals surface area contributed by atoms with E-state index in [-0.39, 0.29) is 23.4 Å². The molecule has 0 spiro atoms. The molecule has 0 saturated heterocycles. The number of rotatable bonds is 12. The van der Waals surface area contributed by atoms with Gasteiger partial charge in [0.25, 0.3) is 10.0 Å². The van der Waals surface area contributed by atoms with E-state index in [9.17, 15) is 22.4 Å². The number of carbonyl (C=O) groups is 2. The predicted molar refractivity (Wildman–Crippen MR) is 148 cm³/mol. The zero-order valence-electron chi connectivity index (χ0n) is 22.5. The van der Waals surface area contributed by atoms with Gasteiger partial charge in [0.15, 0.2) is 0 Å². The summed E-state index contributed by atoms with van der Waals surface area (Å²) in [4.78, 5) is 28.1. The number of benzene rings is 3. The average Bonchev–Trinajstić information content (AvgIpc) is 2.95. The molecule has 0 aliphatic carbocycles. The Kier molecular flexibility index (Phi) is 10.1. The summed E-state index contributed by atoms with van der Waals surface area (Å²) in [5.74, 6) is -0.904. The van der Waals surface area contributed by atoms with Gasteiger partial charge >= 0.3 is 0 Å². The summed E-state index contributed by atoms with van der Waals surface area (Å²) >= 11 is 0. The minimum atomic E-state index is -4.17. The molecule has 0 heterocycles. The Hall–Kier alpha value is -3.92. The maximum absolute atomic E-state index is 13.8. The average molecular weight is 556 g/mol. The lowest BCUT2D eigenvalue weighted by atomic mass is 10.1. The first kappa shape index (κ1) is 29.6. The number of anilines is 1. The lowest BCUT2D eigenvalue weighted by Gasteiger charge is -2.32. The molecule has 0 radical (unpaired) electrons. The number of methoxy groups -OCH3 is 1. The van der Waals surface area contributed by atoms with E-state index in [4.69, 9.17) is 4.74 Å². The summed E-state index contributed by atoms with van der Waals surface area (Å²) in [6.45, 7) is 4.80. The third kappa shape index (κ3) is 7.57. The van der Waals surface area contributed by atoms with E-state index >= 15 is 0 Å². The lowest BCUT2D eigenvalue weighted by molar-refractivity contribution is -0.139. The Balaban J connectivity index is 1.99. The lowest BCUT2D eigenvalue weighted by Crippen LogP contribution is -2.52. The molecule has 0 aromatic heterocycles. The highest BCUT2D eigenvalue weighted by molar-refractivity contribution is 7.92. The van der Waals surface area contributed by atoms with Crippen LogP contribution in [0.25, 0.3) is 0 Å². The van der Waals surface area contributed by atoms with Crippen LogP contribution in [-0.2, 0) is 26.2 Å². The number of hydrogen-bond donors (Lipinski definition) is 1.